The molecule has 0 atom stereocenters. The van der Waals surface area contributed by atoms with Gasteiger partial charge < -0.3 is 10.3 Å². The fraction of sp³-hybridized carbons (Fsp3) is 0.250. The molecular weight excluding hydrogens is 138 g/mol. The number of aromatic nitrogens is 3. The van der Waals surface area contributed by atoms with E-state index in [1.165, 1.54) is 6.92 Å². The Balaban J connectivity index is 3.10. The predicted molar refractivity (Wildman–Crippen MR) is 28.9 cm³/mol. The van der Waals surface area contributed by atoms with E-state index in [-0.39, 0.29) is 5.82 Å². The van der Waals surface area contributed by atoms with Crippen LogP contribution in [-0.2, 0) is 0 Å². The largest absolute Gasteiger partial charge is 0.475 e. The first-order chi connectivity index (χ1) is 4.61. The number of aromatic carboxylic acids is 1. The number of hydrogen-bond acceptors (Lipinski definition) is 4. The highest BCUT2D eigenvalue weighted by atomic mass is 16.5. The molecule has 1 rings (SSSR count). The van der Waals surface area contributed by atoms with Crippen LogP contribution in [0.25, 0.3) is 0 Å². The van der Waals surface area contributed by atoms with Crippen LogP contribution >= 0.6 is 0 Å². The Kier molecular flexibility index (Phi) is 1.29. The topological polar surface area (TPSA) is 88.2 Å². The molecular formula is C4H5N3O3. The second-order valence-electron chi connectivity index (χ2n) is 1.68. The minimum Gasteiger partial charge on any atom is -0.475 e. The smallest absolute Gasteiger partial charge is 0.375 e. The van der Waals surface area contributed by atoms with Gasteiger partial charge in [-0.3, -0.25) is 0 Å². The van der Waals surface area contributed by atoms with E-state index in [2.05, 4.69) is 10.1 Å². The fourth-order valence-electron chi connectivity index (χ4n) is 0.473. The average Bonchev–Trinajstić information content (AvgIpc) is 2.13. The highest BCUT2D eigenvalue weighted by Gasteiger charge is 2.10. The van der Waals surface area contributed by atoms with E-state index in [1.54, 1.807) is 0 Å². The molecule has 0 saturated heterocycles. The number of nitrogens with zero attached hydrogens (tertiary/aromatic N) is 3. The maximum atomic E-state index is 10.1. The molecule has 1 heterocycles. The summed E-state index contributed by atoms with van der Waals surface area (Å²) < 4.78 is 0. The van der Waals surface area contributed by atoms with E-state index in [4.69, 9.17) is 10.3 Å². The third-order valence-corrected chi connectivity index (χ3v) is 0.938. The first kappa shape index (κ1) is 6.53. The summed E-state index contributed by atoms with van der Waals surface area (Å²) in [6, 6.07) is 0. The van der Waals surface area contributed by atoms with Gasteiger partial charge in [0.05, 0.1) is 0 Å². The van der Waals surface area contributed by atoms with E-state index >= 15 is 0 Å². The molecule has 0 aromatic carbocycles. The van der Waals surface area contributed by atoms with Crippen LogP contribution in [-0.4, -0.2) is 31.2 Å². The molecule has 1 aromatic rings. The molecule has 0 aliphatic heterocycles. The minimum atomic E-state index is -1.25. The van der Waals surface area contributed by atoms with Crippen molar-refractivity contribution in [2.45, 2.75) is 6.92 Å². The molecule has 0 fully saturated rings. The molecule has 0 radical (unpaired) electrons. The van der Waals surface area contributed by atoms with Gasteiger partial charge in [0.15, 0.2) is 5.82 Å². The van der Waals surface area contributed by atoms with Gasteiger partial charge in [-0.25, -0.2) is 9.78 Å². The lowest BCUT2D eigenvalue weighted by Crippen LogP contribution is -2.00. The Morgan fingerprint density at radius 3 is 2.50 bits per heavy atom. The molecule has 2 N–H and O–H groups in total. The van der Waals surface area contributed by atoms with Crippen molar-refractivity contribution in [3.05, 3.63) is 11.6 Å². The summed E-state index contributed by atoms with van der Waals surface area (Å²) in [4.78, 5) is 13.9. The van der Waals surface area contributed by atoms with Gasteiger partial charge in [0.25, 0.3) is 5.82 Å². The number of aryl methyl sites for hydroxylation is 1. The highest BCUT2D eigenvalue weighted by Crippen LogP contribution is 1.92. The standard InChI is InChI=1S/C4H5N3O3/c1-2-5-3(4(8)9)6-7(2)10/h10H,1H3,(H,8,9). The molecule has 54 valence electrons. The predicted octanol–water partition coefficient (Wildman–Crippen LogP) is -0.478. The van der Waals surface area contributed by atoms with Gasteiger partial charge in [-0.2, -0.15) is 0 Å². The van der Waals surface area contributed by atoms with Crippen LogP contribution in [0, 0.1) is 6.92 Å². The zero-order chi connectivity index (χ0) is 7.72. The monoisotopic (exact) mass is 143 g/mol. The maximum absolute atomic E-state index is 10.1. The Labute approximate surface area is 55.7 Å². The zero-order valence-electron chi connectivity index (χ0n) is 5.14. The van der Waals surface area contributed by atoms with E-state index in [0.29, 0.717) is 4.85 Å². The van der Waals surface area contributed by atoms with Gasteiger partial charge in [-0.1, -0.05) is 4.85 Å². The minimum absolute atomic E-state index is 0.150. The summed E-state index contributed by atoms with van der Waals surface area (Å²) >= 11 is 0. The molecule has 6 heteroatoms. The van der Waals surface area contributed by atoms with Gasteiger partial charge in [0, 0.05) is 0 Å². The normalized spacial score (nSPS) is 9.70. The summed E-state index contributed by atoms with van der Waals surface area (Å²) in [5.41, 5.74) is 0. The quantitative estimate of drug-likeness (QED) is 0.518. The fourth-order valence-corrected chi connectivity index (χ4v) is 0.473. The Bertz CT molecular complexity index is 247. The number of hydrogen-bond donors (Lipinski definition) is 2. The molecule has 1 aromatic heterocycles. The van der Waals surface area contributed by atoms with E-state index in [1.807, 2.05) is 0 Å². The van der Waals surface area contributed by atoms with Gasteiger partial charge >= 0.3 is 5.97 Å². The van der Waals surface area contributed by atoms with Crippen molar-refractivity contribution in [3.63, 3.8) is 0 Å². The second kappa shape index (κ2) is 1.98. The lowest BCUT2D eigenvalue weighted by molar-refractivity contribution is 0.0674. The summed E-state index contributed by atoms with van der Waals surface area (Å²) in [7, 11) is 0. The third-order valence-electron chi connectivity index (χ3n) is 0.938. The molecule has 0 aliphatic rings. The first-order valence-corrected chi connectivity index (χ1v) is 2.47. The van der Waals surface area contributed by atoms with Crippen molar-refractivity contribution in [3.8, 4) is 0 Å². The van der Waals surface area contributed by atoms with Crippen molar-refractivity contribution in [2.75, 3.05) is 0 Å². The van der Waals surface area contributed by atoms with Gasteiger partial charge in [-0.15, -0.1) is 5.10 Å². The van der Waals surface area contributed by atoms with Crippen molar-refractivity contribution in [2.24, 2.45) is 0 Å². The third kappa shape index (κ3) is 0.903. The van der Waals surface area contributed by atoms with E-state index < -0.39 is 11.8 Å². The molecule has 10 heavy (non-hydrogen) atoms. The zero-order valence-corrected chi connectivity index (χ0v) is 5.14. The molecule has 6 nitrogen and oxygen atoms in total. The Hall–Kier alpha value is -1.59. The lowest BCUT2D eigenvalue weighted by Gasteiger charge is -1.83. The maximum Gasteiger partial charge on any atom is 0.375 e. The van der Waals surface area contributed by atoms with Crippen LogP contribution in [0.5, 0.6) is 0 Å². The van der Waals surface area contributed by atoms with Crippen LogP contribution in [0.3, 0.4) is 0 Å². The molecule has 0 amide bonds. The summed E-state index contributed by atoms with van der Waals surface area (Å²) in [5, 5.41) is 20.1. The molecule has 0 aliphatic carbocycles. The average molecular weight is 143 g/mol. The molecule has 0 unspecified atom stereocenters. The lowest BCUT2D eigenvalue weighted by atomic mass is 10.6. The van der Waals surface area contributed by atoms with Gasteiger partial charge in [0.2, 0.25) is 0 Å². The summed E-state index contributed by atoms with van der Waals surface area (Å²) in [6.07, 6.45) is 0. The van der Waals surface area contributed by atoms with Gasteiger partial charge in [-0.05, 0) is 6.92 Å². The highest BCUT2D eigenvalue weighted by molar-refractivity contribution is 5.82. The van der Waals surface area contributed by atoms with Crippen LogP contribution in [0.2, 0.25) is 0 Å². The number of carboxylic acid groups (broad SMARTS) is 1. The van der Waals surface area contributed by atoms with Crippen LogP contribution in [0.15, 0.2) is 0 Å². The SMILES string of the molecule is Cc1nc(C(=O)O)nn1O. The summed E-state index contributed by atoms with van der Waals surface area (Å²) in [5.74, 6) is -1.51. The number of carbonyl (C=O) groups is 1. The summed E-state index contributed by atoms with van der Waals surface area (Å²) in [6.45, 7) is 1.44. The van der Waals surface area contributed by atoms with Crippen molar-refractivity contribution in [1.29, 1.82) is 0 Å². The molecule has 0 bridgehead atoms. The Morgan fingerprint density at radius 1 is 1.70 bits per heavy atom. The van der Waals surface area contributed by atoms with E-state index in [9.17, 15) is 4.79 Å². The van der Waals surface area contributed by atoms with Crippen molar-refractivity contribution in [1.82, 2.24) is 14.9 Å². The Morgan fingerprint density at radius 2 is 2.30 bits per heavy atom. The first-order valence-electron chi connectivity index (χ1n) is 2.47. The van der Waals surface area contributed by atoms with Crippen LogP contribution < -0.4 is 0 Å². The van der Waals surface area contributed by atoms with Crippen LogP contribution in [0.4, 0.5) is 0 Å². The van der Waals surface area contributed by atoms with E-state index in [0.717, 1.165) is 0 Å². The molecule has 0 spiro atoms. The van der Waals surface area contributed by atoms with Crippen molar-refractivity contribution >= 4 is 5.97 Å². The number of rotatable bonds is 1. The number of carboxylic acids is 1. The molecule has 0 saturated carbocycles. The van der Waals surface area contributed by atoms with Crippen molar-refractivity contribution < 1.29 is 15.1 Å². The van der Waals surface area contributed by atoms with Crippen LogP contribution in [0.1, 0.15) is 16.4 Å². The second-order valence-corrected chi connectivity index (χ2v) is 1.68. The van der Waals surface area contributed by atoms with Gasteiger partial charge in [0.1, 0.15) is 0 Å².